The van der Waals surface area contributed by atoms with Gasteiger partial charge in [-0.15, -0.1) is 0 Å². The van der Waals surface area contributed by atoms with E-state index in [-0.39, 0.29) is 11.0 Å². The molecule has 7 aromatic rings. The molecule has 0 fully saturated rings. The summed E-state index contributed by atoms with van der Waals surface area (Å²) in [5.74, 6) is -0.600. The van der Waals surface area contributed by atoms with Crippen molar-refractivity contribution in [3.63, 3.8) is 0 Å². The van der Waals surface area contributed by atoms with Crippen LogP contribution < -0.4 is 0 Å². The largest absolute Gasteiger partial charge is 0.295 e. The Hall–Kier alpha value is -4.43. The predicted molar refractivity (Wildman–Crippen MR) is 144 cm³/mol. The number of aromatic nitrogens is 2. The van der Waals surface area contributed by atoms with Crippen LogP contribution in [0.4, 0.5) is 0 Å². The summed E-state index contributed by atoms with van der Waals surface area (Å²) in [5.41, 5.74) is -1.20. The highest BCUT2D eigenvalue weighted by Crippen LogP contribution is 2.43. The zero-order valence-corrected chi connectivity index (χ0v) is 17.2. The Balaban J connectivity index is 1.97. The van der Waals surface area contributed by atoms with E-state index in [0.717, 1.165) is 4.57 Å². The standard InChI is InChI=1S/C32H22N2/c1-21-33-29-19-8-9-20-30(29)34(21)32-27-16-6-4-14-25(27)31(26-15-5-7-17-28(26)32)24-18-10-12-22-11-2-3-13-23(22)24/h2-20H,1H3/i1D3,2D,3D,4D,5D,6D,7D,10D,11D,12D,13D,14D,15D,16D,17D,18D. The maximum Gasteiger partial charge on any atom is 0.111 e. The average Bonchev–Trinajstić information content (AvgIpc) is 3.51. The second-order valence-corrected chi connectivity index (χ2v) is 7.48. The Kier molecular flexibility index (Phi) is 1.80. The minimum Gasteiger partial charge on any atom is -0.295 e. The van der Waals surface area contributed by atoms with Crippen molar-refractivity contribution < 1.29 is 24.7 Å². The van der Waals surface area contributed by atoms with Crippen molar-refractivity contribution in [3.05, 3.63) is 121 Å². The smallest absolute Gasteiger partial charge is 0.111 e. The van der Waals surface area contributed by atoms with Crippen molar-refractivity contribution in [1.29, 1.82) is 0 Å². The van der Waals surface area contributed by atoms with Crippen LogP contribution in [-0.4, -0.2) is 9.55 Å². The van der Waals surface area contributed by atoms with Crippen molar-refractivity contribution in [2.75, 3.05) is 0 Å². The molecule has 0 saturated heterocycles. The Labute approximate surface area is 223 Å². The van der Waals surface area contributed by atoms with Crippen LogP contribution in [-0.2, 0) is 0 Å². The lowest BCUT2D eigenvalue weighted by Crippen LogP contribution is -2.01. The lowest BCUT2D eigenvalue weighted by molar-refractivity contribution is 1.02. The average molecular weight is 453 g/mol. The fourth-order valence-electron chi connectivity index (χ4n) is 4.33. The fourth-order valence-corrected chi connectivity index (χ4v) is 4.33. The van der Waals surface area contributed by atoms with E-state index in [1.165, 1.54) is 12.1 Å². The highest BCUT2D eigenvalue weighted by molar-refractivity contribution is 6.21. The van der Waals surface area contributed by atoms with E-state index >= 15 is 0 Å². The van der Waals surface area contributed by atoms with E-state index in [4.69, 9.17) is 19.2 Å². The summed E-state index contributed by atoms with van der Waals surface area (Å²) in [6.45, 7) is -2.98. The molecular formula is C32H22N2. The summed E-state index contributed by atoms with van der Waals surface area (Å²) >= 11 is 0. The van der Waals surface area contributed by atoms with Gasteiger partial charge in [0, 0.05) is 14.9 Å². The molecule has 0 aliphatic heterocycles. The molecule has 160 valence electrons. The van der Waals surface area contributed by atoms with E-state index in [2.05, 4.69) is 4.98 Å². The van der Waals surface area contributed by atoms with Gasteiger partial charge in [-0.05, 0) is 51.7 Å². The normalized spacial score (nSPS) is 19.5. The van der Waals surface area contributed by atoms with E-state index in [1.54, 1.807) is 12.1 Å². The summed E-state index contributed by atoms with van der Waals surface area (Å²) in [6, 6.07) is -5.72. The van der Waals surface area contributed by atoms with Crippen LogP contribution in [0.25, 0.3) is 60.2 Å². The molecule has 7 rings (SSSR count). The minimum absolute atomic E-state index is 0.108. The molecule has 0 aliphatic carbocycles. The van der Waals surface area contributed by atoms with Crippen molar-refractivity contribution in [2.24, 2.45) is 0 Å². The zero-order valence-electron chi connectivity index (χ0n) is 35.2. The summed E-state index contributed by atoms with van der Waals surface area (Å²) < 4.78 is 158. The molecule has 1 aromatic heterocycles. The van der Waals surface area contributed by atoms with E-state index < -0.39 is 152 Å². The third-order valence-corrected chi connectivity index (χ3v) is 5.70. The Morgan fingerprint density at radius 2 is 1.29 bits per heavy atom. The number of fused-ring (bicyclic) bond motifs is 4. The van der Waals surface area contributed by atoms with E-state index in [0.29, 0.717) is 0 Å². The third kappa shape index (κ3) is 2.66. The molecule has 0 atom stereocenters. The molecule has 0 radical (unpaired) electrons. The van der Waals surface area contributed by atoms with Gasteiger partial charge in [-0.3, -0.25) is 4.57 Å². The summed E-state index contributed by atoms with van der Waals surface area (Å²) in [6.07, 6.45) is 0. The van der Waals surface area contributed by atoms with Crippen LogP contribution in [0.1, 0.15) is 30.5 Å². The van der Waals surface area contributed by atoms with Gasteiger partial charge in [-0.2, -0.15) is 0 Å². The summed E-state index contributed by atoms with van der Waals surface area (Å²) in [7, 11) is 0. The first-order valence-corrected chi connectivity index (χ1v) is 10.2. The minimum atomic E-state index is -2.98. The molecule has 6 aromatic carbocycles. The number of imidazole rings is 1. The summed E-state index contributed by atoms with van der Waals surface area (Å²) in [4.78, 5) is 4.31. The quantitative estimate of drug-likeness (QED) is 0.241. The lowest BCUT2D eigenvalue weighted by atomic mass is 9.88. The molecule has 0 saturated carbocycles. The second kappa shape index (κ2) is 7.29. The first-order chi connectivity index (χ1) is 24.2. The molecule has 2 nitrogen and oxygen atoms in total. The highest BCUT2D eigenvalue weighted by atomic mass is 15.1. The van der Waals surface area contributed by atoms with Gasteiger partial charge in [-0.1, -0.05) is 103 Å². The van der Waals surface area contributed by atoms with Crippen molar-refractivity contribution in [2.45, 2.75) is 6.85 Å². The number of benzene rings is 6. The molecule has 0 aliphatic rings. The molecule has 0 amide bonds. The molecule has 2 heteroatoms. The molecule has 34 heavy (non-hydrogen) atoms. The van der Waals surface area contributed by atoms with Crippen LogP contribution in [0.15, 0.2) is 115 Å². The number of hydrogen-bond donors (Lipinski definition) is 0. The number of hydrogen-bond acceptors (Lipinski definition) is 1. The van der Waals surface area contributed by atoms with E-state index in [9.17, 15) is 5.48 Å². The molecule has 0 bridgehead atoms. The number of rotatable bonds is 2. The maximum atomic E-state index is 9.20. The molecule has 0 unspecified atom stereocenters. The number of nitrogens with zero attached hydrogens (tertiary/aromatic N) is 2. The number of para-hydroxylation sites is 2. The Bertz CT molecular complexity index is 2690. The van der Waals surface area contributed by atoms with Crippen LogP contribution in [0.5, 0.6) is 0 Å². The van der Waals surface area contributed by atoms with Crippen LogP contribution in [0, 0.1) is 6.85 Å². The van der Waals surface area contributed by atoms with Gasteiger partial charge in [0.25, 0.3) is 0 Å². The van der Waals surface area contributed by atoms with Gasteiger partial charge in [0.05, 0.1) is 37.3 Å². The van der Waals surface area contributed by atoms with Crippen LogP contribution >= 0.6 is 0 Å². The van der Waals surface area contributed by atoms with Gasteiger partial charge in [0.1, 0.15) is 5.82 Å². The van der Waals surface area contributed by atoms with Crippen molar-refractivity contribution >= 4 is 43.4 Å². The van der Waals surface area contributed by atoms with Gasteiger partial charge in [0.2, 0.25) is 0 Å². The maximum absolute atomic E-state index is 9.20. The monoisotopic (exact) mass is 452 g/mol. The van der Waals surface area contributed by atoms with Gasteiger partial charge in [-0.25, -0.2) is 4.98 Å². The first kappa shape index (κ1) is 8.41. The lowest BCUT2D eigenvalue weighted by Gasteiger charge is -2.20. The van der Waals surface area contributed by atoms with Crippen LogP contribution in [0.2, 0.25) is 0 Å². The van der Waals surface area contributed by atoms with Crippen LogP contribution in [0.3, 0.4) is 0 Å². The van der Waals surface area contributed by atoms with E-state index in [1.807, 2.05) is 0 Å². The fraction of sp³-hybridized carbons (Fsp3) is 0.0312. The van der Waals surface area contributed by atoms with Gasteiger partial charge in [0.15, 0.2) is 0 Å². The third-order valence-electron chi connectivity index (χ3n) is 5.70. The van der Waals surface area contributed by atoms with Crippen molar-refractivity contribution in [3.8, 4) is 16.8 Å². The molecule has 0 spiro atoms. The zero-order chi connectivity index (χ0) is 38.2. The second-order valence-electron chi connectivity index (χ2n) is 7.48. The Morgan fingerprint density at radius 1 is 0.676 bits per heavy atom. The van der Waals surface area contributed by atoms with Gasteiger partial charge < -0.3 is 0 Å². The SMILES string of the molecule is [2H]c1c([2H])c([2H])c2c(-c3c4c([2H])c([2H])c([2H])c([2H])c4c(-n4c(C([2H])([2H])[2H])nc5ccccc54)c4c([2H])c([2H])c([2H])c([2H])c34)c([2H])c([2H])c([2H])c2c1[2H]. The van der Waals surface area contributed by atoms with Crippen molar-refractivity contribution in [1.82, 2.24) is 9.55 Å². The first-order valence-electron chi connectivity index (χ1n) is 19.2. The predicted octanol–water partition coefficient (Wildman–Crippen LogP) is 8.46. The van der Waals surface area contributed by atoms with Gasteiger partial charge >= 0.3 is 0 Å². The molecule has 0 N–H and O–H groups in total. The highest BCUT2D eigenvalue weighted by Gasteiger charge is 2.20. The Morgan fingerprint density at radius 3 is 2.03 bits per heavy atom. The topological polar surface area (TPSA) is 17.8 Å². The molecular weight excluding hydrogens is 412 g/mol. The molecule has 1 heterocycles. The summed E-state index contributed by atoms with van der Waals surface area (Å²) in [5, 5.41) is -2.90. The number of aryl methyl sites for hydroxylation is 1.